The van der Waals surface area contributed by atoms with E-state index in [0.717, 1.165) is 25.6 Å². The fourth-order valence-electron chi connectivity index (χ4n) is 3.99. The van der Waals surface area contributed by atoms with Crippen LogP contribution in [0.5, 0.6) is 0 Å². The van der Waals surface area contributed by atoms with E-state index in [2.05, 4.69) is 11.8 Å². The molecule has 0 aliphatic carbocycles. The van der Waals surface area contributed by atoms with Crippen molar-refractivity contribution in [2.45, 2.75) is 26.3 Å². The van der Waals surface area contributed by atoms with Crippen LogP contribution in [0.25, 0.3) is 10.9 Å². The lowest BCUT2D eigenvalue weighted by Gasteiger charge is -2.30. The van der Waals surface area contributed by atoms with Crippen LogP contribution in [-0.2, 0) is 11.3 Å². The first-order valence-electron chi connectivity index (χ1n) is 10.1. The minimum absolute atomic E-state index is 0.158. The SMILES string of the molecule is COC(=O)c1cn(C(=O)c2ccc(CN3CCC(C)CC3)cc2)c2ccccc12. The lowest BCUT2D eigenvalue weighted by atomic mass is 9.99. The van der Waals surface area contributed by atoms with E-state index in [1.54, 1.807) is 6.20 Å². The van der Waals surface area contributed by atoms with Gasteiger partial charge in [-0.25, -0.2) is 4.79 Å². The molecule has 1 aliphatic heterocycles. The van der Waals surface area contributed by atoms with Gasteiger partial charge in [0.05, 0.1) is 18.2 Å². The van der Waals surface area contributed by atoms with Crippen molar-refractivity contribution in [2.24, 2.45) is 5.92 Å². The van der Waals surface area contributed by atoms with Crippen molar-refractivity contribution in [3.8, 4) is 0 Å². The summed E-state index contributed by atoms with van der Waals surface area (Å²) in [4.78, 5) is 27.7. The normalized spacial score (nSPS) is 15.5. The second kappa shape index (κ2) is 8.21. The first-order valence-corrected chi connectivity index (χ1v) is 10.1. The number of benzene rings is 2. The monoisotopic (exact) mass is 390 g/mol. The molecule has 0 spiro atoms. The van der Waals surface area contributed by atoms with E-state index < -0.39 is 5.97 Å². The first kappa shape index (κ1) is 19.4. The highest BCUT2D eigenvalue weighted by molar-refractivity contribution is 6.09. The Morgan fingerprint density at radius 1 is 1.03 bits per heavy atom. The quantitative estimate of drug-likeness (QED) is 0.622. The average molecular weight is 390 g/mol. The summed E-state index contributed by atoms with van der Waals surface area (Å²) in [6, 6.07) is 15.2. The Morgan fingerprint density at radius 3 is 2.41 bits per heavy atom. The van der Waals surface area contributed by atoms with Gasteiger partial charge in [0.1, 0.15) is 0 Å². The molecule has 2 heterocycles. The van der Waals surface area contributed by atoms with E-state index in [9.17, 15) is 9.59 Å². The third-order valence-corrected chi connectivity index (χ3v) is 5.82. The van der Waals surface area contributed by atoms with Crippen molar-refractivity contribution < 1.29 is 14.3 Å². The zero-order valence-corrected chi connectivity index (χ0v) is 16.9. The molecule has 0 radical (unpaired) electrons. The molecule has 150 valence electrons. The Bertz CT molecular complexity index is 1030. The van der Waals surface area contributed by atoms with Crippen LogP contribution in [0, 0.1) is 5.92 Å². The molecule has 4 rings (SSSR count). The maximum absolute atomic E-state index is 13.1. The van der Waals surface area contributed by atoms with Crippen molar-refractivity contribution in [3.63, 3.8) is 0 Å². The topological polar surface area (TPSA) is 51.5 Å². The number of hydrogen-bond acceptors (Lipinski definition) is 4. The van der Waals surface area contributed by atoms with Gasteiger partial charge in [0.25, 0.3) is 5.91 Å². The van der Waals surface area contributed by atoms with Gasteiger partial charge in [-0.05, 0) is 55.6 Å². The van der Waals surface area contributed by atoms with Crippen LogP contribution in [0.3, 0.4) is 0 Å². The third-order valence-electron chi connectivity index (χ3n) is 5.82. The third kappa shape index (κ3) is 3.96. The summed E-state index contributed by atoms with van der Waals surface area (Å²) in [7, 11) is 1.35. The fraction of sp³-hybridized carbons (Fsp3) is 0.333. The predicted octanol–water partition coefficient (Wildman–Crippen LogP) is 4.35. The van der Waals surface area contributed by atoms with E-state index in [1.165, 1.54) is 30.1 Å². The van der Waals surface area contributed by atoms with E-state index in [-0.39, 0.29) is 5.91 Å². The highest BCUT2D eigenvalue weighted by Gasteiger charge is 2.20. The Hall–Kier alpha value is -2.92. The second-order valence-corrected chi connectivity index (χ2v) is 7.88. The number of ether oxygens (including phenoxy) is 1. The van der Waals surface area contributed by atoms with Crippen LogP contribution < -0.4 is 0 Å². The number of para-hydroxylation sites is 1. The molecule has 1 fully saturated rings. The number of likely N-dealkylation sites (tertiary alicyclic amines) is 1. The van der Waals surface area contributed by atoms with Crippen LogP contribution in [0.1, 0.15) is 46.0 Å². The number of hydrogen-bond donors (Lipinski definition) is 0. The van der Waals surface area contributed by atoms with Gasteiger partial charge < -0.3 is 4.74 Å². The highest BCUT2D eigenvalue weighted by Crippen LogP contribution is 2.24. The molecular weight excluding hydrogens is 364 g/mol. The Kier molecular flexibility index (Phi) is 5.49. The summed E-state index contributed by atoms with van der Waals surface area (Å²) in [5.41, 5.74) is 2.90. The Morgan fingerprint density at radius 2 is 1.72 bits per heavy atom. The predicted molar refractivity (Wildman–Crippen MR) is 113 cm³/mol. The van der Waals surface area contributed by atoms with Gasteiger partial charge in [-0.1, -0.05) is 37.3 Å². The molecule has 1 aliphatic rings. The van der Waals surface area contributed by atoms with Crippen molar-refractivity contribution in [3.05, 3.63) is 71.4 Å². The Labute approximate surface area is 170 Å². The molecule has 0 unspecified atom stereocenters. The molecule has 29 heavy (non-hydrogen) atoms. The van der Waals surface area contributed by atoms with Gasteiger partial charge in [-0.2, -0.15) is 0 Å². The second-order valence-electron chi connectivity index (χ2n) is 7.88. The van der Waals surface area contributed by atoms with Gasteiger partial charge in [0.15, 0.2) is 0 Å². The minimum Gasteiger partial charge on any atom is -0.465 e. The standard InChI is InChI=1S/C24H26N2O3/c1-17-11-13-25(14-12-17)15-18-7-9-19(10-8-18)23(27)26-16-21(24(28)29-2)20-5-3-4-6-22(20)26/h3-10,16-17H,11-15H2,1-2H3. The average Bonchev–Trinajstić information content (AvgIpc) is 3.14. The van der Waals surface area contributed by atoms with Gasteiger partial charge in [-0.15, -0.1) is 0 Å². The molecule has 3 aromatic rings. The van der Waals surface area contributed by atoms with E-state index in [1.807, 2.05) is 48.5 Å². The number of carbonyl (C=O) groups excluding carboxylic acids is 2. The zero-order valence-electron chi connectivity index (χ0n) is 16.9. The van der Waals surface area contributed by atoms with Crippen molar-refractivity contribution in [1.82, 2.24) is 9.47 Å². The molecule has 1 aromatic heterocycles. The molecule has 5 nitrogen and oxygen atoms in total. The number of aromatic nitrogens is 1. The van der Waals surface area contributed by atoms with Crippen LogP contribution >= 0.6 is 0 Å². The summed E-state index contributed by atoms with van der Waals surface area (Å²) in [5, 5.41) is 0.712. The largest absolute Gasteiger partial charge is 0.465 e. The number of methoxy groups -OCH3 is 1. The van der Waals surface area contributed by atoms with E-state index >= 15 is 0 Å². The van der Waals surface area contributed by atoms with E-state index in [4.69, 9.17) is 4.74 Å². The van der Waals surface area contributed by atoms with Crippen LogP contribution in [0.4, 0.5) is 0 Å². The first-order chi connectivity index (χ1) is 14.1. The summed E-state index contributed by atoms with van der Waals surface area (Å²) in [6.07, 6.45) is 4.07. The summed E-state index contributed by atoms with van der Waals surface area (Å²) in [6.45, 7) is 5.50. The number of fused-ring (bicyclic) bond motifs is 1. The van der Waals surface area contributed by atoms with Crippen LogP contribution in [0.2, 0.25) is 0 Å². The van der Waals surface area contributed by atoms with Gasteiger partial charge in [0, 0.05) is 23.7 Å². The zero-order chi connectivity index (χ0) is 20.4. The maximum atomic E-state index is 13.1. The van der Waals surface area contributed by atoms with Crippen molar-refractivity contribution >= 4 is 22.8 Å². The lowest BCUT2D eigenvalue weighted by Crippen LogP contribution is -2.32. The Balaban J connectivity index is 1.56. The van der Waals surface area contributed by atoms with Gasteiger partial charge in [0.2, 0.25) is 0 Å². The van der Waals surface area contributed by atoms with Gasteiger partial charge in [-0.3, -0.25) is 14.3 Å². The molecule has 0 N–H and O–H groups in total. The molecule has 0 amide bonds. The molecule has 0 bridgehead atoms. The minimum atomic E-state index is -0.445. The molecule has 1 saturated heterocycles. The number of esters is 1. The molecule has 0 atom stereocenters. The number of rotatable bonds is 4. The van der Waals surface area contributed by atoms with Crippen molar-refractivity contribution in [2.75, 3.05) is 20.2 Å². The smallest absolute Gasteiger partial charge is 0.340 e. The molecule has 0 saturated carbocycles. The van der Waals surface area contributed by atoms with Crippen molar-refractivity contribution in [1.29, 1.82) is 0 Å². The van der Waals surface area contributed by atoms with Crippen LogP contribution in [-0.4, -0.2) is 41.5 Å². The number of nitrogens with zero attached hydrogens (tertiary/aromatic N) is 2. The number of carbonyl (C=O) groups is 2. The van der Waals surface area contributed by atoms with E-state index in [0.29, 0.717) is 22.0 Å². The highest BCUT2D eigenvalue weighted by atomic mass is 16.5. The van der Waals surface area contributed by atoms with Gasteiger partial charge >= 0.3 is 5.97 Å². The molecule has 5 heteroatoms. The van der Waals surface area contributed by atoms with Crippen LogP contribution in [0.15, 0.2) is 54.7 Å². The number of piperidine rings is 1. The fourth-order valence-corrected chi connectivity index (χ4v) is 3.99. The summed E-state index contributed by atoms with van der Waals surface area (Å²) in [5.74, 6) is 0.214. The summed E-state index contributed by atoms with van der Waals surface area (Å²) >= 11 is 0. The molecular formula is C24H26N2O3. The lowest BCUT2D eigenvalue weighted by molar-refractivity contribution is 0.0603. The molecule has 2 aromatic carbocycles. The maximum Gasteiger partial charge on any atom is 0.340 e. The summed E-state index contributed by atoms with van der Waals surface area (Å²) < 4.78 is 6.40.